The van der Waals surface area contributed by atoms with Crippen LogP contribution in [0.3, 0.4) is 0 Å². The minimum Gasteiger partial charge on any atom is -0.324 e. The molecule has 124 valence electrons. The van der Waals surface area contributed by atoms with Crippen LogP contribution in [-0.4, -0.2) is 27.2 Å². The number of hydrogen-bond acceptors (Lipinski definition) is 5. The van der Waals surface area contributed by atoms with Gasteiger partial charge in [-0.25, -0.2) is 4.68 Å². The predicted octanol–water partition coefficient (Wildman–Crippen LogP) is 1.87. The lowest BCUT2D eigenvalue weighted by Crippen LogP contribution is -2.31. The number of Topliss-reactive ketones (excluding diaryl/α,β-unsaturated/α-hetero) is 1. The number of amides is 1. The fraction of sp³-hybridized carbons (Fsp3) is 0.294. The van der Waals surface area contributed by atoms with Gasteiger partial charge in [0.05, 0.1) is 5.69 Å². The molecule has 1 aromatic carbocycles. The highest BCUT2D eigenvalue weighted by molar-refractivity contribution is 7.98. The zero-order valence-corrected chi connectivity index (χ0v) is 14.1. The summed E-state index contributed by atoms with van der Waals surface area (Å²) in [5.74, 6) is 1.34. The smallest absolute Gasteiger partial charge is 0.267 e. The third-order valence-electron chi connectivity index (χ3n) is 3.75. The van der Waals surface area contributed by atoms with Crippen molar-refractivity contribution in [2.45, 2.75) is 25.6 Å². The zero-order valence-electron chi connectivity index (χ0n) is 13.2. The number of aryl methyl sites for hydroxylation is 1. The molecule has 0 unspecified atom stereocenters. The lowest BCUT2D eigenvalue weighted by atomic mass is 10.1. The summed E-state index contributed by atoms with van der Waals surface area (Å²) in [6.07, 6.45) is 0.808. The van der Waals surface area contributed by atoms with E-state index in [0.717, 1.165) is 29.2 Å². The molecule has 0 atom stereocenters. The van der Waals surface area contributed by atoms with Gasteiger partial charge < -0.3 is 5.32 Å². The average Bonchev–Trinajstić information content (AvgIpc) is 2.55. The summed E-state index contributed by atoms with van der Waals surface area (Å²) in [7, 11) is 0. The summed E-state index contributed by atoms with van der Waals surface area (Å²) >= 11 is 1.78. The van der Waals surface area contributed by atoms with Gasteiger partial charge >= 0.3 is 0 Å². The second-order valence-electron chi connectivity index (χ2n) is 5.60. The molecule has 1 aliphatic heterocycles. The van der Waals surface area contributed by atoms with Crippen molar-refractivity contribution >= 4 is 29.1 Å². The number of nitrogens with zero attached hydrogens (tertiary/aromatic N) is 2. The van der Waals surface area contributed by atoms with Gasteiger partial charge in [-0.05, 0) is 30.4 Å². The topological polar surface area (TPSA) is 81.1 Å². The second kappa shape index (κ2) is 7.00. The maximum Gasteiger partial charge on any atom is 0.267 e. The number of benzene rings is 1. The Morgan fingerprint density at radius 2 is 2.17 bits per heavy atom. The van der Waals surface area contributed by atoms with Crippen LogP contribution in [0, 0.1) is 0 Å². The highest BCUT2D eigenvalue weighted by Crippen LogP contribution is 2.21. The summed E-state index contributed by atoms with van der Waals surface area (Å²) in [6.45, 7) is 1.32. The van der Waals surface area contributed by atoms with Crippen LogP contribution < -0.4 is 10.9 Å². The van der Waals surface area contributed by atoms with Gasteiger partial charge in [0.25, 0.3) is 5.56 Å². The van der Waals surface area contributed by atoms with E-state index in [0.29, 0.717) is 11.3 Å². The van der Waals surface area contributed by atoms with Gasteiger partial charge in [0, 0.05) is 29.5 Å². The van der Waals surface area contributed by atoms with E-state index in [-0.39, 0.29) is 23.8 Å². The Morgan fingerprint density at radius 1 is 1.33 bits per heavy atom. The Morgan fingerprint density at radius 3 is 2.96 bits per heavy atom. The third-order valence-corrected chi connectivity index (χ3v) is 4.76. The van der Waals surface area contributed by atoms with Crippen LogP contribution in [0.25, 0.3) is 0 Å². The highest BCUT2D eigenvalue weighted by atomic mass is 32.2. The summed E-state index contributed by atoms with van der Waals surface area (Å²) in [5.41, 5.74) is 2.62. The van der Waals surface area contributed by atoms with Crippen LogP contribution in [0.4, 0.5) is 5.69 Å². The molecule has 3 rings (SSSR count). The molecular formula is C17H17N3O3S. The van der Waals surface area contributed by atoms with Crippen LogP contribution >= 0.6 is 11.8 Å². The maximum absolute atomic E-state index is 12.2. The number of carbonyl (C=O) groups is 2. The monoisotopic (exact) mass is 343 g/mol. The van der Waals surface area contributed by atoms with E-state index < -0.39 is 0 Å². The second-order valence-corrected chi connectivity index (χ2v) is 6.71. The first kappa shape index (κ1) is 16.4. The molecule has 0 aliphatic carbocycles. The fourth-order valence-corrected chi connectivity index (χ4v) is 3.47. The molecule has 7 heteroatoms. The highest BCUT2D eigenvalue weighted by Gasteiger charge is 2.15. The predicted molar refractivity (Wildman–Crippen MR) is 93.4 cm³/mol. The molecule has 0 saturated heterocycles. The quantitative estimate of drug-likeness (QED) is 0.857. The number of thioether (sulfide) groups is 1. The van der Waals surface area contributed by atoms with Crippen LogP contribution in [-0.2, 0) is 23.5 Å². The lowest BCUT2D eigenvalue weighted by Gasteiger charge is -2.15. The van der Waals surface area contributed by atoms with E-state index in [2.05, 4.69) is 10.4 Å². The Kier molecular flexibility index (Phi) is 4.80. The summed E-state index contributed by atoms with van der Waals surface area (Å²) < 4.78 is 1.19. The molecule has 0 bridgehead atoms. The van der Waals surface area contributed by atoms with Crippen molar-refractivity contribution in [1.29, 1.82) is 0 Å². The minimum atomic E-state index is -0.351. The van der Waals surface area contributed by atoms with Gasteiger partial charge in [0.2, 0.25) is 5.91 Å². The Balaban J connectivity index is 1.74. The molecule has 0 spiro atoms. The number of rotatable bonds is 4. The largest absolute Gasteiger partial charge is 0.324 e. The number of aromatic nitrogens is 2. The minimum absolute atomic E-state index is 0.0726. The van der Waals surface area contributed by atoms with Crippen LogP contribution in [0.5, 0.6) is 0 Å². The SMILES string of the molecule is CC(=O)c1cccc(NC(=O)Cn2nc3c(cc2=O)CSCC3)c1. The van der Waals surface area contributed by atoms with Gasteiger partial charge in [0.1, 0.15) is 6.54 Å². The van der Waals surface area contributed by atoms with E-state index in [1.165, 1.54) is 11.6 Å². The van der Waals surface area contributed by atoms with Crippen LogP contribution in [0.15, 0.2) is 35.1 Å². The molecule has 2 aromatic rings. The van der Waals surface area contributed by atoms with Crippen LogP contribution in [0.1, 0.15) is 28.5 Å². The number of hydrogen-bond donors (Lipinski definition) is 1. The molecule has 1 aromatic heterocycles. The van der Waals surface area contributed by atoms with E-state index in [1.807, 2.05) is 0 Å². The standard InChI is InChI=1S/C17H17N3O3S/c1-11(21)12-3-2-4-14(7-12)18-16(22)9-20-17(23)8-13-10-24-6-5-15(13)19-20/h2-4,7-8H,5-6,9-10H2,1H3,(H,18,22). The van der Waals surface area contributed by atoms with E-state index in [9.17, 15) is 14.4 Å². The molecule has 0 saturated carbocycles. The molecule has 0 radical (unpaired) electrons. The fourth-order valence-electron chi connectivity index (χ4n) is 2.52. The normalized spacial score (nSPS) is 13.2. The average molecular weight is 343 g/mol. The molecular weight excluding hydrogens is 326 g/mol. The van der Waals surface area contributed by atoms with E-state index in [1.54, 1.807) is 42.1 Å². The molecule has 2 heterocycles. The number of fused-ring (bicyclic) bond motifs is 1. The van der Waals surface area contributed by atoms with Gasteiger partial charge in [-0.1, -0.05) is 12.1 Å². The molecule has 1 N–H and O–H groups in total. The molecule has 6 nitrogen and oxygen atoms in total. The number of nitrogens with one attached hydrogen (secondary N) is 1. The lowest BCUT2D eigenvalue weighted by molar-refractivity contribution is -0.117. The number of ketones is 1. The first-order valence-electron chi connectivity index (χ1n) is 7.61. The van der Waals surface area contributed by atoms with Crippen molar-refractivity contribution in [2.75, 3.05) is 11.1 Å². The Bertz CT molecular complexity index is 860. The van der Waals surface area contributed by atoms with Crippen molar-refractivity contribution in [3.63, 3.8) is 0 Å². The van der Waals surface area contributed by atoms with Crippen molar-refractivity contribution in [3.05, 3.63) is 57.5 Å². The summed E-state index contributed by atoms with van der Waals surface area (Å²) in [6, 6.07) is 8.27. The van der Waals surface area contributed by atoms with Crippen molar-refractivity contribution in [3.8, 4) is 0 Å². The number of anilines is 1. The molecule has 0 fully saturated rings. The molecule has 24 heavy (non-hydrogen) atoms. The number of carbonyl (C=O) groups excluding carboxylic acids is 2. The van der Waals surface area contributed by atoms with Gasteiger partial charge in [0.15, 0.2) is 5.78 Å². The Hall–Kier alpha value is -2.41. The van der Waals surface area contributed by atoms with Crippen LogP contribution in [0.2, 0.25) is 0 Å². The first-order valence-corrected chi connectivity index (χ1v) is 8.77. The van der Waals surface area contributed by atoms with Gasteiger partial charge in [-0.15, -0.1) is 0 Å². The Labute approximate surface area is 143 Å². The molecule has 1 aliphatic rings. The maximum atomic E-state index is 12.2. The van der Waals surface area contributed by atoms with Crippen molar-refractivity contribution in [1.82, 2.24) is 9.78 Å². The summed E-state index contributed by atoms with van der Waals surface area (Å²) in [5, 5.41) is 7.01. The van der Waals surface area contributed by atoms with Crippen molar-refractivity contribution in [2.24, 2.45) is 0 Å². The van der Waals surface area contributed by atoms with Gasteiger partial charge in [-0.3, -0.25) is 14.4 Å². The molecule has 1 amide bonds. The van der Waals surface area contributed by atoms with E-state index >= 15 is 0 Å². The van der Waals surface area contributed by atoms with Crippen molar-refractivity contribution < 1.29 is 9.59 Å². The first-order chi connectivity index (χ1) is 11.5. The summed E-state index contributed by atoms with van der Waals surface area (Å²) in [4.78, 5) is 35.7. The zero-order chi connectivity index (χ0) is 17.1. The van der Waals surface area contributed by atoms with E-state index in [4.69, 9.17) is 0 Å². The van der Waals surface area contributed by atoms with Gasteiger partial charge in [-0.2, -0.15) is 16.9 Å². The third kappa shape index (κ3) is 3.73.